The van der Waals surface area contributed by atoms with E-state index in [1.165, 1.54) is 6.08 Å². The number of nitrogens with zero attached hydrogens (tertiary/aromatic N) is 1. The molecule has 0 unspecified atom stereocenters. The van der Waals surface area contributed by atoms with Crippen molar-refractivity contribution in [3.8, 4) is 0 Å². The van der Waals surface area contributed by atoms with E-state index in [9.17, 15) is 4.79 Å². The SMILES string of the molecule is CN(C)C/C=C\C=O. The van der Waals surface area contributed by atoms with Gasteiger partial charge in [0.1, 0.15) is 6.29 Å². The first-order chi connectivity index (χ1) is 3.77. The monoisotopic (exact) mass is 113 g/mol. The molecule has 46 valence electrons. The van der Waals surface area contributed by atoms with Crippen molar-refractivity contribution in [1.29, 1.82) is 0 Å². The predicted molar refractivity (Wildman–Crippen MR) is 33.8 cm³/mol. The zero-order valence-electron chi connectivity index (χ0n) is 5.29. The molecule has 0 aliphatic rings. The van der Waals surface area contributed by atoms with E-state index < -0.39 is 0 Å². The summed E-state index contributed by atoms with van der Waals surface area (Å²) in [4.78, 5) is 11.7. The molecule has 0 atom stereocenters. The second-order valence-corrected chi connectivity index (χ2v) is 1.83. The van der Waals surface area contributed by atoms with Gasteiger partial charge in [-0.15, -0.1) is 0 Å². The average molecular weight is 113 g/mol. The molecule has 0 aromatic heterocycles. The number of carbonyl (C=O) groups excluding carboxylic acids is 1. The van der Waals surface area contributed by atoms with Crippen molar-refractivity contribution in [3.05, 3.63) is 12.2 Å². The van der Waals surface area contributed by atoms with E-state index in [2.05, 4.69) is 0 Å². The van der Waals surface area contributed by atoms with Crippen LogP contribution in [0.1, 0.15) is 0 Å². The molecule has 0 bridgehead atoms. The first kappa shape index (κ1) is 7.37. The van der Waals surface area contributed by atoms with E-state index in [4.69, 9.17) is 0 Å². The van der Waals surface area contributed by atoms with E-state index in [-0.39, 0.29) is 0 Å². The maximum Gasteiger partial charge on any atom is 0.142 e. The highest BCUT2D eigenvalue weighted by Crippen LogP contribution is 1.73. The summed E-state index contributed by atoms with van der Waals surface area (Å²) in [5, 5.41) is 0. The van der Waals surface area contributed by atoms with Gasteiger partial charge in [-0.3, -0.25) is 4.79 Å². The van der Waals surface area contributed by atoms with E-state index in [0.29, 0.717) is 0 Å². The minimum atomic E-state index is 0.781. The van der Waals surface area contributed by atoms with E-state index >= 15 is 0 Å². The third-order valence-corrected chi connectivity index (χ3v) is 0.685. The Bertz CT molecular complexity index is 86.5. The predicted octanol–water partition coefficient (Wildman–Crippen LogP) is 0.303. The lowest BCUT2D eigenvalue weighted by Gasteiger charge is -2.01. The highest BCUT2D eigenvalue weighted by Gasteiger charge is 1.78. The fraction of sp³-hybridized carbons (Fsp3) is 0.500. The van der Waals surface area contributed by atoms with Crippen LogP contribution < -0.4 is 0 Å². The second kappa shape index (κ2) is 4.53. The third kappa shape index (κ3) is 5.37. The molecule has 0 aromatic carbocycles. The lowest BCUT2D eigenvalue weighted by molar-refractivity contribution is -0.104. The van der Waals surface area contributed by atoms with Gasteiger partial charge < -0.3 is 4.90 Å². The first-order valence-electron chi connectivity index (χ1n) is 2.52. The van der Waals surface area contributed by atoms with Crippen LogP contribution >= 0.6 is 0 Å². The Morgan fingerprint density at radius 1 is 1.50 bits per heavy atom. The molecule has 0 amide bonds. The summed E-state index contributed by atoms with van der Waals surface area (Å²) in [6, 6.07) is 0. The lowest BCUT2D eigenvalue weighted by atomic mass is 10.5. The molecule has 0 spiro atoms. The van der Waals surface area contributed by atoms with Gasteiger partial charge >= 0.3 is 0 Å². The zero-order valence-corrected chi connectivity index (χ0v) is 5.29. The topological polar surface area (TPSA) is 20.3 Å². The molecule has 2 heteroatoms. The first-order valence-corrected chi connectivity index (χ1v) is 2.52. The van der Waals surface area contributed by atoms with Crippen molar-refractivity contribution >= 4 is 6.29 Å². The number of hydrogen-bond donors (Lipinski definition) is 0. The number of rotatable bonds is 3. The summed E-state index contributed by atoms with van der Waals surface area (Å²) in [5.74, 6) is 0. The Morgan fingerprint density at radius 3 is 2.50 bits per heavy atom. The Morgan fingerprint density at radius 2 is 2.12 bits per heavy atom. The van der Waals surface area contributed by atoms with Crippen LogP contribution in [0.2, 0.25) is 0 Å². The summed E-state index contributed by atoms with van der Waals surface area (Å²) in [6.45, 7) is 0.832. The van der Waals surface area contributed by atoms with Crippen LogP contribution in [0.4, 0.5) is 0 Å². The molecule has 2 nitrogen and oxygen atoms in total. The van der Waals surface area contributed by atoms with E-state index in [0.717, 1.165) is 12.8 Å². The van der Waals surface area contributed by atoms with Crippen LogP contribution in [0.3, 0.4) is 0 Å². The number of likely N-dealkylation sites (N-methyl/N-ethyl adjacent to an activating group) is 1. The fourth-order valence-corrected chi connectivity index (χ4v) is 0.327. The lowest BCUT2D eigenvalue weighted by Crippen LogP contribution is -2.10. The quantitative estimate of drug-likeness (QED) is 0.387. The summed E-state index contributed by atoms with van der Waals surface area (Å²) < 4.78 is 0. The van der Waals surface area contributed by atoms with Crippen molar-refractivity contribution < 1.29 is 4.79 Å². The van der Waals surface area contributed by atoms with Crippen LogP contribution in [-0.2, 0) is 4.79 Å². The molecule has 0 fully saturated rings. The molecule has 0 heterocycles. The van der Waals surface area contributed by atoms with Gasteiger partial charge in [-0.05, 0) is 20.2 Å². The zero-order chi connectivity index (χ0) is 6.41. The van der Waals surface area contributed by atoms with Crippen LogP contribution in [-0.4, -0.2) is 31.8 Å². The van der Waals surface area contributed by atoms with Gasteiger partial charge in [-0.2, -0.15) is 0 Å². The molecule has 0 saturated carbocycles. The molecule has 0 aliphatic heterocycles. The molecule has 0 aliphatic carbocycles. The third-order valence-electron chi connectivity index (χ3n) is 0.685. The molecule has 0 aromatic rings. The van der Waals surface area contributed by atoms with Gasteiger partial charge in [0.2, 0.25) is 0 Å². The minimum absolute atomic E-state index is 0.781. The van der Waals surface area contributed by atoms with Gasteiger partial charge in [0.15, 0.2) is 0 Å². The standard InChI is InChI=1S/C6H11NO/c1-7(2)5-3-4-6-8/h3-4,6H,5H2,1-2H3/b4-3-. The summed E-state index contributed by atoms with van der Waals surface area (Å²) in [7, 11) is 3.91. The Balaban J connectivity index is 3.15. The van der Waals surface area contributed by atoms with Crippen molar-refractivity contribution in [2.45, 2.75) is 0 Å². The number of allylic oxidation sites excluding steroid dienone is 1. The van der Waals surface area contributed by atoms with Crippen molar-refractivity contribution in [3.63, 3.8) is 0 Å². The molecule has 8 heavy (non-hydrogen) atoms. The minimum Gasteiger partial charge on any atom is -0.306 e. The second-order valence-electron chi connectivity index (χ2n) is 1.83. The van der Waals surface area contributed by atoms with Gasteiger partial charge in [0, 0.05) is 6.54 Å². The Hall–Kier alpha value is -0.630. The molecular formula is C6H11NO. The maximum absolute atomic E-state index is 9.68. The van der Waals surface area contributed by atoms with Gasteiger partial charge in [-0.1, -0.05) is 6.08 Å². The van der Waals surface area contributed by atoms with Crippen LogP contribution in [0.5, 0.6) is 0 Å². The van der Waals surface area contributed by atoms with E-state index in [1.807, 2.05) is 25.1 Å². The molecule has 0 saturated heterocycles. The largest absolute Gasteiger partial charge is 0.306 e. The molecule has 0 N–H and O–H groups in total. The highest BCUT2D eigenvalue weighted by molar-refractivity contribution is 5.64. The number of aldehydes is 1. The smallest absolute Gasteiger partial charge is 0.142 e. The maximum atomic E-state index is 9.68. The van der Waals surface area contributed by atoms with Gasteiger partial charge in [0.25, 0.3) is 0 Å². The molecular weight excluding hydrogens is 102 g/mol. The summed E-state index contributed by atoms with van der Waals surface area (Å²) >= 11 is 0. The molecule has 0 radical (unpaired) electrons. The normalized spacial score (nSPS) is 10.9. The van der Waals surface area contributed by atoms with E-state index in [1.54, 1.807) is 0 Å². The van der Waals surface area contributed by atoms with Crippen LogP contribution in [0.25, 0.3) is 0 Å². The Labute approximate surface area is 49.8 Å². The van der Waals surface area contributed by atoms with Gasteiger partial charge in [-0.25, -0.2) is 0 Å². The fourth-order valence-electron chi connectivity index (χ4n) is 0.327. The van der Waals surface area contributed by atoms with Crippen molar-refractivity contribution in [2.24, 2.45) is 0 Å². The summed E-state index contributed by atoms with van der Waals surface area (Å²) in [5.41, 5.74) is 0. The van der Waals surface area contributed by atoms with Crippen LogP contribution in [0, 0.1) is 0 Å². The van der Waals surface area contributed by atoms with Gasteiger partial charge in [0.05, 0.1) is 0 Å². The number of hydrogen-bond acceptors (Lipinski definition) is 2. The van der Waals surface area contributed by atoms with Crippen molar-refractivity contribution in [1.82, 2.24) is 4.90 Å². The van der Waals surface area contributed by atoms with Crippen molar-refractivity contribution in [2.75, 3.05) is 20.6 Å². The number of carbonyl (C=O) groups is 1. The highest BCUT2D eigenvalue weighted by atomic mass is 16.1. The molecule has 0 rings (SSSR count). The Kier molecular flexibility index (Phi) is 4.17. The average Bonchev–Trinajstić information content (AvgIpc) is 1.66. The summed E-state index contributed by atoms with van der Waals surface area (Å²) in [6.07, 6.45) is 4.09. The van der Waals surface area contributed by atoms with Crippen LogP contribution in [0.15, 0.2) is 12.2 Å².